The predicted octanol–water partition coefficient (Wildman–Crippen LogP) is 2.01. The van der Waals surface area contributed by atoms with Crippen LogP contribution in [0.5, 0.6) is 0 Å². The second-order valence-electron chi connectivity index (χ2n) is 5.16. The van der Waals surface area contributed by atoms with Crippen molar-refractivity contribution in [2.45, 2.75) is 57.7 Å². The summed E-state index contributed by atoms with van der Waals surface area (Å²) in [7, 11) is 0. The summed E-state index contributed by atoms with van der Waals surface area (Å²) in [5.41, 5.74) is 0.807. The first-order valence-electron chi connectivity index (χ1n) is 6.30. The van der Waals surface area contributed by atoms with Gasteiger partial charge in [-0.1, -0.05) is 0 Å². The van der Waals surface area contributed by atoms with Gasteiger partial charge in [-0.3, -0.25) is 10.00 Å². The van der Waals surface area contributed by atoms with Crippen molar-refractivity contribution < 1.29 is 0 Å². The summed E-state index contributed by atoms with van der Waals surface area (Å²) >= 11 is 0. The number of aryl methyl sites for hydroxylation is 2. The summed E-state index contributed by atoms with van der Waals surface area (Å²) in [5.74, 6) is 0. The Hall–Kier alpha value is -1.34. The Morgan fingerprint density at radius 1 is 1.65 bits per heavy atom. The van der Waals surface area contributed by atoms with E-state index in [0.29, 0.717) is 6.04 Å². The molecule has 92 valence electrons. The number of hydrogen-bond acceptors (Lipinski definition) is 3. The highest BCUT2D eigenvalue weighted by Gasteiger charge is 2.31. The van der Waals surface area contributed by atoms with E-state index in [0.717, 1.165) is 19.4 Å². The van der Waals surface area contributed by atoms with Crippen molar-refractivity contribution >= 4 is 0 Å². The van der Waals surface area contributed by atoms with Crippen LogP contribution in [0.1, 0.15) is 38.3 Å². The van der Waals surface area contributed by atoms with E-state index in [-0.39, 0.29) is 5.54 Å². The lowest BCUT2D eigenvalue weighted by Gasteiger charge is -2.23. The Balaban J connectivity index is 1.80. The van der Waals surface area contributed by atoms with Gasteiger partial charge in [0.15, 0.2) is 0 Å². The van der Waals surface area contributed by atoms with Crippen molar-refractivity contribution in [2.75, 3.05) is 0 Å². The van der Waals surface area contributed by atoms with Crippen molar-refractivity contribution in [1.82, 2.24) is 15.1 Å². The molecule has 1 N–H and O–H groups in total. The molecule has 17 heavy (non-hydrogen) atoms. The van der Waals surface area contributed by atoms with Crippen molar-refractivity contribution in [3.8, 4) is 6.07 Å². The molecular weight excluding hydrogens is 212 g/mol. The van der Waals surface area contributed by atoms with Gasteiger partial charge < -0.3 is 0 Å². The molecule has 0 aromatic carbocycles. The van der Waals surface area contributed by atoms with Crippen LogP contribution in [0.15, 0.2) is 12.3 Å². The first-order valence-corrected chi connectivity index (χ1v) is 6.30. The molecule has 1 aliphatic carbocycles. The standard InChI is InChI=1S/C13H20N4/c1-11-6-8-15-17(11)9-3-7-13(2,10-14)16-12-4-5-12/h6,8,12,16H,3-5,7,9H2,1-2H3. The van der Waals surface area contributed by atoms with E-state index in [2.05, 4.69) is 23.4 Å². The van der Waals surface area contributed by atoms with Crippen molar-refractivity contribution in [1.29, 1.82) is 5.26 Å². The summed E-state index contributed by atoms with van der Waals surface area (Å²) < 4.78 is 1.99. The summed E-state index contributed by atoms with van der Waals surface area (Å²) in [6.07, 6.45) is 6.11. The molecule has 0 spiro atoms. The molecule has 0 saturated heterocycles. The zero-order chi connectivity index (χ0) is 12.3. The minimum Gasteiger partial charge on any atom is -0.297 e. The molecule has 1 aromatic rings. The number of rotatable bonds is 6. The molecule has 0 radical (unpaired) electrons. The zero-order valence-electron chi connectivity index (χ0n) is 10.6. The van der Waals surface area contributed by atoms with Crippen LogP contribution in [0.3, 0.4) is 0 Å². The molecule has 0 aliphatic heterocycles. The monoisotopic (exact) mass is 232 g/mol. The second-order valence-corrected chi connectivity index (χ2v) is 5.16. The minimum absolute atomic E-state index is 0.373. The highest BCUT2D eigenvalue weighted by atomic mass is 15.3. The first kappa shape index (κ1) is 12.1. The SMILES string of the molecule is Cc1ccnn1CCCC(C)(C#N)NC1CC1. The van der Waals surface area contributed by atoms with Crippen LogP contribution in [0.25, 0.3) is 0 Å². The summed E-state index contributed by atoms with van der Waals surface area (Å²) in [4.78, 5) is 0. The molecular formula is C13H20N4. The zero-order valence-corrected chi connectivity index (χ0v) is 10.6. The first-order chi connectivity index (χ1) is 8.13. The minimum atomic E-state index is -0.373. The Morgan fingerprint density at radius 3 is 2.94 bits per heavy atom. The van der Waals surface area contributed by atoms with Gasteiger partial charge in [-0.25, -0.2) is 0 Å². The Morgan fingerprint density at radius 2 is 2.41 bits per heavy atom. The topological polar surface area (TPSA) is 53.6 Å². The maximum atomic E-state index is 9.24. The molecule has 1 saturated carbocycles. The van der Waals surface area contributed by atoms with Gasteiger partial charge in [0.2, 0.25) is 0 Å². The van der Waals surface area contributed by atoms with Crippen molar-refractivity contribution in [3.63, 3.8) is 0 Å². The highest BCUT2D eigenvalue weighted by molar-refractivity contribution is 5.07. The fraction of sp³-hybridized carbons (Fsp3) is 0.692. The van der Waals surface area contributed by atoms with Gasteiger partial charge in [-0.15, -0.1) is 0 Å². The molecule has 0 amide bonds. The third-order valence-electron chi connectivity index (χ3n) is 3.32. The lowest BCUT2D eigenvalue weighted by molar-refractivity contribution is 0.384. The maximum absolute atomic E-state index is 9.24. The van der Waals surface area contributed by atoms with Crippen LogP contribution < -0.4 is 5.32 Å². The normalized spacial score (nSPS) is 18.6. The molecule has 1 unspecified atom stereocenters. The molecule has 1 atom stereocenters. The third kappa shape index (κ3) is 3.31. The summed E-state index contributed by atoms with van der Waals surface area (Å²) in [5, 5.41) is 16.9. The number of nitrogens with zero attached hydrogens (tertiary/aromatic N) is 3. The van der Waals surface area contributed by atoms with E-state index in [1.54, 1.807) is 0 Å². The molecule has 0 bridgehead atoms. The van der Waals surface area contributed by atoms with E-state index in [1.807, 2.05) is 23.9 Å². The van der Waals surface area contributed by atoms with Crippen LogP contribution in [0.2, 0.25) is 0 Å². The summed E-state index contributed by atoms with van der Waals surface area (Å²) in [6, 6.07) is 4.98. The van der Waals surface area contributed by atoms with E-state index in [1.165, 1.54) is 18.5 Å². The highest BCUT2D eigenvalue weighted by Crippen LogP contribution is 2.24. The van der Waals surface area contributed by atoms with Gasteiger partial charge in [0.1, 0.15) is 5.54 Å². The largest absolute Gasteiger partial charge is 0.297 e. The van der Waals surface area contributed by atoms with Crippen LogP contribution in [0.4, 0.5) is 0 Å². The smallest absolute Gasteiger partial charge is 0.104 e. The Bertz CT molecular complexity index is 413. The average Bonchev–Trinajstić information content (AvgIpc) is 3.02. The van der Waals surface area contributed by atoms with Crippen LogP contribution >= 0.6 is 0 Å². The fourth-order valence-electron chi connectivity index (χ4n) is 2.05. The molecule has 4 nitrogen and oxygen atoms in total. The number of nitriles is 1. The quantitative estimate of drug-likeness (QED) is 0.816. The Labute approximate surface area is 103 Å². The Kier molecular flexibility index (Phi) is 3.49. The molecule has 4 heteroatoms. The van der Waals surface area contributed by atoms with E-state index >= 15 is 0 Å². The third-order valence-corrected chi connectivity index (χ3v) is 3.32. The fourth-order valence-corrected chi connectivity index (χ4v) is 2.05. The van der Waals surface area contributed by atoms with E-state index in [4.69, 9.17) is 0 Å². The number of nitrogens with one attached hydrogen (secondary N) is 1. The molecule has 1 fully saturated rings. The van der Waals surface area contributed by atoms with Gasteiger partial charge in [0, 0.05) is 24.5 Å². The maximum Gasteiger partial charge on any atom is 0.104 e. The number of aromatic nitrogens is 2. The van der Waals surface area contributed by atoms with Crippen molar-refractivity contribution in [3.05, 3.63) is 18.0 Å². The van der Waals surface area contributed by atoms with Crippen LogP contribution in [-0.4, -0.2) is 21.4 Å². The lowest BCUT2D eigenvalue weighted by atomic mass is 9.97. The van der Waals surface area contributed by atoms with Gasteiger partial charge in [0.25, 0.3) is 0 Å². The molecule has 2 rings (SSSR count). The van der Waals surface area contributed by atoms with Crippen LogP contribution in [-0.2, 0) is 6.54 Å². The van der Waals surface area contributed by atoms with E-state index < -0.39 is 0 Å². The van der Waals surface area contributed by atoms with Gasteiger partial charge in [-0.05, 0) is 45.6 Å². The van der Waals surface area contributed by atoms with Crippen LogP contribution in [0, 0.1) is 18.3 Å². The second kappa shape index (κ2) is 4.89. The predicted molar refractivity (Wildman–Crippen MR) is 66.4 cm³/mol. The molecule has 1 aromatic heterocycles. The lowest BCUT2D eigenvalue weighted by Crippen LogP contribution is -2.42. The summed E-state index contributed by atoms with van der Waals surface area (Å²) in [6.45, 7) is 4.95. The van der Waals surface area contributed by atoms with E-state index in [9.17, 15) is 5.26 Å². The molecule has 1 aliphatic rings. The van der Waals surface area contributed by atoms with Crippen molar-refractivity contribution in [2.24, 2.45) is 0 Å². The number of hydrogen-bond donors (Lipinski definition) is 1. The van der Waals surface area contributed by atoms with Gasteiger partial charge in [0.05, 0.1) is 6.07 Å². The molecule has 1 heterocycles. The van der Waals surface area contributed by atoms with Gasteiger partial charge in [-0.2, -0.15) is 10.4 Å². The average molecular weight is 232 g/mol. The van der Waals surface area contributed by atoms with Gasteiger partial charge >= 0.3 is 0 Å².